The standard InChI is InChI=1S/C15H18N2O3S/c1-6-5-10(6)15(19)20-8(3)12-16-13(18)11-7(2)9(4)21-14(11)17-12/h6,8,10H,5H2,1-4H3,(H,16,17,18)/t6-,8+,10+/m0/s1. The van der Waals surface area contributed by atoms with Crippen LogP contribution in [-0.4, -0.2) is 15.9 Å². The summed E-state index contributed by atoms with van der Waals surface area (Å²) in [6.45, 7) is 7.66. The highest BCUT2D eigenvalue weighted by Crippen LogP contribution is 2.39. The Morgan fingerprint density at radius 1 is 1.48 bits per heavy atom. The van der Waals surface area contributed by atoms with E-state index in [9.17, 15) is 9.59 Å². The number of fused-ring (bicyclic) bond motifs is 1. The van der Waals surface area contributed by atoms with E-state index in [0.29, 0.717) is 22.0 Å². The first-order valence-corrected chi connectivity index (χ1v) is 7.90. The van der Waals surface area contributed by atoms with Crippen LogP contribution < -0.4 is 5.56 Å². The number of carbonyl (C=O) groups excluding carboxylic acids is 1. The topological polar surface area (TPSA) is 72.0 Å². The lowest BCUT2D eigenvalue weighted by Gasteiger charge is -2.12. The molecule has 5 nitrogen and oxygen atoms in total. The number of ether oxygens (including phenoxy) is 1. The monoisotopic (exact) mass is 306 g/mol. The molecule has 21 heavy (non-hydrogen) atoms. The highest BCUT2D eigenvalue weighted by Gasteiger charge is 2.41. The Hall–Kier alpha value is -1.69. The van der Waals surface area contributed by atoms with E-state index in [0.717, 1.165) is 16.9 Å². The molecular formula is C15H18N2O3S. The van der Waals surface area contributed by atoms with Crippen LogP contribution in [0.5, 0.6) is 0 Å². The lowest BCUT2D eigenvalue weighted by molar-refractivity contribution is -0.150. The summed E-state index contributed by atoms with van der Waals surface area (Å²) in [6, 6.07) is 0. The molecule has 0 bridgehead atoms. The first-order chi connectivity index (χ1) is 9.88. The van der Waals surface area contributed by atoms with Crippen molar-refractivity contribution in [1.29, 1.82) is 0 Å². The predicted octanol–water partition coefficient (Wildman–Crippen LogP) is 2.86. The van der Waals surface area contributed by atoms with E-state index in [2.05, 4.69) is 9.97 Å². The average molecular weight is 306 g/mol. The van der Waals surface area contributed by atoms with Gasteiger partial charge in [-0.25, -0.2) is 4.98 Å². The zero-order valence-corrected chi connectivity index (χ0v) is 13.3. The summed E-state index contributed by atoms with van der Waals surface area (Å²) in [7, 11) is 0. The van der Waals surface area contributed by atoms with Crippen LogP contribution in [-0.2, 0) is 9.53 Å². The van der Waals surface area contributed by atoms with Gasteiger partial charge >= 0.3 is 5.97 Å². The van der Waals surface area contributed by atoms with Crippen molar-refractivity contribution in [1.82, 2.24) is 9.97 Å². The maximum absolute atomic E-state index is 12.2. The van der Waals surface area contributed by atoms with Gasteiger partial charge in [0, 0.05) is 4.88 Å². The van der Waals surface area contributed by atoms with Gasteiger partial charge in [-0.15, -0.1) is 11.3 Å². The smallest absolute Gasteiger partial charge is 0.309 e. The molecule has 0 radical (unpaired) electrons. The van der Waals surface area contributed by atoms with Gasteiger partial charge in [0.2, 0.25) is 0 Å². The number of H-pyrrole nitrogens is 1. The van der Waals surface area contributed by atoms with E-state index in [-0.39, 0.29) is 17.4 Å². The third-order valence-electron chi connectivity index (χ3n) is 4.15. The molecule has 1 N–H and O–H groups in total. The molecule has 0 amide bonds. The molecule has 0 spiro atoms. The lowest BCUT2D eigenvalue weighted by Crippen LogP contribution is -2.18. The Balaban J connectivity index is 1.90. The zero-order chi connectivity index (χ0) is 15.3. The van der Waals surface area contributed by atoms with E-state index in [1.165, 1.54) is 11.3 Å². The van der Waals surface area contributed by atoms with Gasteiger partial charge in [0.1, 0.15) is 4.83 Å². The van der Waals surface area contributed by atoms with Crippen LogP contribution in [0.15, 0.2) is 4.79 Å². The molecule has 0 saturated heterocycles. The van der Waals surface area contributed by atoms with Crippen molar-refractivity contribution in [2.24, 2.45) is 11.8 Å². The first kappa shape index (κ1) is 14.3. The fourth-order valence-corrected chi connectivity index (χ4v) is 3.47. The lowest BCUT2D eigenvalue weighted by atomic mass is 10.2. The second kappa shape index (κ2) is 4.94. The number of nitrogens with one attached hydrogen (secondary N) is 1. The third-order valence-corrected chi connectivity index (χ3v) is 5.25. The largest absolute Gasteiger partial charge is 0.454 e. The van der Waals surface area contributed by atoms with Crippen LogP contribution in [0.3, 0.4) is 0 Å². The SMILES string of the molecule is Cc1sc2nc([C@@H](C)OC(=O)[C@@H]3C[C@@H]3C)[nH]c(=O)c2c1C. The molecule has 0 aliphatic heterocycles. The Morgan fingerprint density at radius 2 is 2.14 bits per heavy atom. The number of rotatable bonds is 3. The second-order valence-corrected chi connectivity index (χ2v) is 7.02. The maximum atomic E-state index is 12.2. The molecule has 0 aromatic carbocycles. The van der Waals surface area contributed by atoms with Crippen LogP contribution in [0.2, 0.25) is 0 Å². The van der Waals surface area contributed by atoms with E-state index in [1.807, 2.05) is 20.8 Å². The van der Waals surface area contributed by atoms with Gasteiger partial charge in [-0.05, 0) is 38.7 Å². The van der Waals surface area contributed by atoms with Crippen LogP contribution in [0.4, 0.5) is 0 Å². The Kier molecular flexibility index (Phi) is 3.36. The van der Waals surface area contributed by atoms with Crippen molar-refractivity contribution in [3.8, 4) is 0 Å². The van der Waals surface area contributed by atoms with Gasteiger partial charge in [0.05, 0.1) is 11.3 Å². The number of aromatic amines is 1. The van der Waals surface area contributed by atoms with Gasteiger partial charge in [-0.2, -0.15) is 0 Å². The van der Waals surface area contributed by atoms with Gasteiger partial charge in [0.15, 0.2) is 11.9 Å². The molecule has 1 aliphatic carbocycles. The first-order valence-electron chi connectivity index (χ1n) is 7.09. The van der Waals surface area contributed by atoms with Crippen molar-refractivity contribution >= 4 is 27.5 Å². The number of carbonyl (C=O) groups is 1. The summed E-state index contributed by atoms with van der Waals surface area (Å²) < 4.78 is 5.40. The van der Waals surface area contributed by atoms with E-state index < -0.39 is 6.10 Å². The number of aromatic nitrogens is 2. The summed E-state index contributed by atoms with van der Waals surface area (Å²) in [5.41, 5.74) is 0.797. The maximum Gasteiger partial charge on any atom is 0.309 e. The summed E-state index contributed by atoms with van der Waals surface area (Å²) in [6.07, 6.45) is 0.350. The average Bonchev–Trinajstić information content (AvgIpc) is 3.07. The number of thiophene rings is 1. The van der Waals surface area contributed by atoms with Gasteiger partial charge in [0.25, 0.3) is 5.56 Å². The second-order valence-electron chi connectivity index (χ2n) is 5.81. The molecule has 2 heterocycles. The third kappa shape index (κ3) is 2.48. The minimum Gasteiger partial charge on any atom is -0.454 e. The van der Waals surface area contributed by atoms with Gasteiger partial charge in [-0.3, -0.25) is 9.59 Å². The molecule has 1 fully saturated rings. The number of hydrogen-bond acceptors (Lipinski definition) is 5. The number of esters is 1. The molecule has 2 aromatic heterocycles. The Bertz CT molecular complexity index is 777. The van der Waals surface area contributed by atoms with Gasteiger partial charge < -0.3 is 9.72 Å². The minimum atomic E-state index is -0.537. The van der Waals surface area contributed by atoms with Crippen LogP contribution in [0.1, 0.15) is 42.6 Å². The summed E-state index contributed by atoms with van der Waals surface area (Å²) in [5, 5.41) is 0.635. The number of hydrogen-bond donors (Lipinski definition) is 1. The number of aryl methyl sites for hydroxylation is 2. The molecule has 6 heteroatoms. The molecule has 112 valence electrons. The molecule has 3 atom stereocenters. The molecule has 1 saturated carbocycles. The van der Waals surface area contributed by atoms with Crippen LogP contribution in [0.25, 0.3) is 10.2 Å². The van der Waals surface area contributed by atoms with E-state index in [1.54, 1.807) is 6.92 Å². The van der Waals surface area contributed by atoms with E-state index in [4.69, 9.17) is 4.74 Å². The molecule has 1 aliphatic rings. The van der Waals surface area contributed by atoms with Gasteiger partial charge in [-0.1, -0.05) is 6.92 Å². The number of nitrogens with zero attached hydrogens (tertiary/aromatic N) is 1. The highest BCUT2D eigenvalue weighted by molar-refractivity contribution is 7.18. The summed E-state index contributed by atoms with van der Waals surface area (Å²) in [5.74, 6) is 0.627. The minimum absolute atomic E-state index is 0.00845. The van der Waals surface area contributed by atoms with Crippen molar-refractivity contribution in [2.45, 2.75) is 40.2 Å². The molecular weight excluding hydrogens is 288 g/mol. The van der Waals surface area contributed by atoms with Crippen LogP contribution >= 0.6 is 11.3 Å². The normalized spacial score (nSPS) is 22.3. The fraction of sp³-hybridized carbons (Fsp3) is 0.533. The quantitative estimate of drug-likeness (QED) is 0.885. The fourth-order valence-electron chi connectivity index (χ4n) is 2.43. The molecule has 0 unspecified atom stereocenters. The molecule has 3 rings (SSSR count). The van der Waals surface area contributed by atoms with Crippen molar-refractivity contribution < 1.29 is 9.53 Å². The summed E-state index contributed by atoms with van der Waals surface area (Å²) >= 11 is 1.49. The van der Waals surface area contributed by atoms with Crippen LogP contribution in [0, 0.1) is 25.7 Å². The van der Waals surface area contributed by atoms with Crippen molar-refractivity contribution in [2.75, 3.05) is 0 Å². The highest BCUT2D eigenvalue weighted by atomic mass is 32.1. The molecule has 2 aromatic rings. The van der Waals surface area contributed by atoms with Crippen molar-refractivity contribution in [3.63, 3.8) is 0 Å². The Morgan fingerprint density at radius 3 is 2.76 bits per heavy atom. The summed E-state index contributed by atoms with van der Waals surface area (Å²) in [4.78, 5) is 33.0. The van der Waals surface area contributed by atoms with Crippen molar-refractivity contribution in [3.05, 3.63) is 26.6 Å². The Labute approximate surface area is 126 Å². The predicted molar refractivity (Wildman–Crippen MR) is 81.5 cm³/mol. The van der Waals surface area contributed by atoms with E-state index >= 15 is 0 Å². The zero-order valence-electron chi connectivity index (χ0n) is 12.5.